The van der Waals surface area contributed by atoms with Crippen molar-refractivity contribution in [2.75, 3.05) is 0 Å². The number of rotatable bonds is 8. The lowest BCUT2D eigenvalue weighted by atomic mass is 9.68. The van der Waals surface area contributed by atoms with E-state index in [4.69, 9.17) is 5.73 Å². The number of nitrogens with two attached hydrogens (primary N) is 1. The molecule has 0 heterocycles. The summed E-state index contributed by atoms with van der Waals surface area (Å²) in [7, 11) is 0. The van der Waals surface area contributed by atoms with E-state index in [0.717, 1.165) is 33.0 Å². The molecule has 0 spiro atoms. The summed E-state index contributed by atoms with van der Waals surface area (Å²) in [5.74, 6) is -0.885. The standard InChI is InChI=1S/C33H28N2O2/c34-31(36)30(23-25-15-12-14-24-13-10-11-22-29(24)25)35-32(37)33(26-16-4-1-5-17-26,27-18-6-2-7-19-27)28-20-8-3-9-21-28/h1-22,30H,23H2,(H2,34,36)(H,35,37)/t30-/m0/s1. The van der Waals surface area contributed by atoms with Crippen LogP contribution in [0.2, 0.25) is 0 Å². The Morgan fingerprint density at radius 3 is 1.59 bits per heavy atom. The number of fused-ring (bicyclic) bond motifs is 1. The molecule has 182 valence electrons. The molecule has 0 radical (unpaired) electrons. The molecular weight excluding hydrogens is 456 g/mol. The molecule has 1 atom stereocenters. The average molecular weight is 485 g/mol. The monoisotopic (exact) mass is 484 g/mol. The van der Waals surface area contributed by atoms with E-state index in [1.54, 1.807) is 0 Å². The largest absolute Gasteiger partial charge is 0.368 e. The van der Waals surface area contributed by atoms with E-state index < -0.39 is 17.4 Å². The Labute approximate surface area is 216 Å². The second-order valence-electron chi connectivity index (χ2n) is 9.12. The van der Waals surface area contributed by atoms with Crippen LogP contribution in [-0.4, -0.2) is 17.9 Å². The molecule has 0 bridgehead atoms. The van der Waals surface area contributed by atoms with Gasteiger partial charge in [-0.3, -0.25) is 9.59 Å². The highest BCUT2D eigenvalue weighted by atomic mass is 16.2. The smallest absolute Gasteiger partial charge is 0.240 e. The Balaban J connectivity index is 1.62. The van der Waals surface area contributed by atoms with E-state index in [-0.39, 0.29) is 12.3 Å². The Morgan fingerprint density at radius 2 is 1.08 bits per heavy atom. The van der Waals surface area contributed by atoms with Crippen molar-refractivity contribution in [2.45, 2.75) is 17.9 Å². The fourth-order valence-corrected chi connectivity index (χ4v) is 5.14. The third-order valence-electron chi connectivity index (χ3n) is 6.91. The summed E-state index contributed by atoms with van der Waals surface area (Å²) in [5, 5.41) is 5.16. The normalized spacial score (nSPS) is 12.1. The van der Waals surface area contributed by atoms with Gasteiger partial charge in [0, 0.05) is 6.42 Å². The van der Waals surface area contributed by atoms with Gasteiger partial charge in [0.25, 0.3) is 0 Å². The number of hydrogen-bond donors (Lipinski definition) is 2. The van der Waals surface area contributed by atoms with Crippen LogP contribution in [0.15, 0.2) is 133 Å². The zero-order valence-corrected chi connectivity index (χ0v) is 20.4. The maximum Gasteiger partial charge on any atom is 0.240 e. The minimum absolute atomic E-state index is 0.289. The SMILES string of the molecule is NC(=O)[C@H](Cc1cccc2ccccc12)NC(=O)C(c1ccccc1)(c1ccccc1)c1ccccc1. The summed E-state index contributed by atoms with van der Waals surface area (Å²) >= 11 is 0. The Morgan fingerprint density at radius 1 is 0.622 bits per heavy atom. The van der Waals surface area contributed by atoms with Crippen LogP contribution in [0.4, 0.5) is 0 Å². The lowest BCUT2D eigenvalue weighted by molar-refractivity contribution is -0.129. The Kier molecular flexibility index (Phi) is 6.82. The van der Waals surface area contributed by atoms with E-state index in [2.05, 4.69) is 5.32 Å². The van der Waals surface area contributed by atoms with Gasteiger partial charge in [0.05, 0.1) is 0 Å². The first-order valence-electron chi connectivity index (χ1n) is 12.3. The van der Waals surface area contributed by atoms with Gasteiger partial charge in [-0.05, 0) is 33.0 Å². The molecule has 0 aliphatic carbocycles. The molecule has 0 aromatic heterocycles. The molecule has 5 aromatic rings. The van der Waals surface area contributed by atoms with Gasteiger partial charge in [0.15, 0.2) is 0 Å². The van der Waals surface area contributed by atoms with Crippen molar-refractivity contribution in [1.29, 1.82) is 0 Å². The molecule has 0 saturated carbocycles. The summed E-state index contributed by atoms with van der Waals surface area (Å²) in [6, 6.07) is 42.1. The number of primary amides is 1. The van der Waals surface area contributed by atoms with Crippen LogP contribution in [0.3, 0.4) is 0 Å². The first-order valence-corrected chi connectivity index (χ1v) is 12.3. The first-order chi connectivity index (χ1) is 18.1. The number of amides is 2. The maximum atomic E-state index is 14.5. The Hall–Kier alpha value is -4.70. The van der Waals surface area contributed by atoms with Crippen LogP contribution in [0, 0.1) is 0 Å². The van der Waals surface area contributed by atoms with Crippen molar-refractivity contribution in [3.63, 3.8) is 0 Å². The number of benzene rings is 5. The molecule has 4 nitrogen and oxygen atoms in total. The molecule has 37 heavy (non-hydrogen) atoms. The summed E-state index contributed by atoms with van der Waals surface area (Å²) in [4.78, 5) is 27.2. The van der Waals surface area contributed by atoms with Crippen molar-refractivity contribution in [1.82, 2.24) is 5.32 Å². The molecule has 5 rings (SSSR count). The number of hydrogen-bond acceptors (Lipinski definition) is 2. The highest BCUT2D eigenvalue weighted by molar-refractivity contribution is 5.99. The lowest BCUT2D eigenvalue weighted by Crippen LogP contribution is -2.54. The molecule has 0 fully saturated rings. The van der Waals surface area contributed by atoms with Gasteiger partial charge in [0.1, 0.15) is 11.5 Å². The van der Waals surface area contributed by atoms with Crippen LogP contribution < -0.4 is 11.1 Å². The fraction of sp³-hybridized carbons (Fsp3) is 0.0909. The second kappa shape index (κ2) is 10.5. The van der Waals surface area contributed by atoms with Gasteiger partial charge in [-0.15, -0.1) is 0 Å². The van der Waals surface area contributed by atoms with Gasteiger partial charge in [-0.1, -0.05) is 133 Å². The fourth-order valence-electron chi connectivity index (χ4n) is 5.14. The van der Waals surface area contributed by atoms with E-state index in [1.165, 1.54) is 0 Å². The van der Waals surface area contributed by atoms with Crippen molar-refractivity contribution < 1.29 is 9.59 Å². The van der Waals surface area contributed by atoms with Gasteiger partial charge in [-0.25, -0.2) is 0 Å². The lowest BCUT2D eigenvalue weighted by Gasteiger charge is -2.35. The van der Waals surface area contributed by atoms with Crippen LogP contribution in [0.1, 0.15) is 22.3 Å². The zero-order chi connectivity index (χ0) is 25.7. The predicted octanol–water partition coefficient (Wildman–Crippen LogP) is 5.39. The van der Waals surface area contributed by atoms with Crippen LogP contribution in [0.5, 0.6) is 0 Å². The summed E-state index contributed by atoms with van der Waals surface area (Å²) in [5.41, 5.74) is 8.06. The molecule has 0 unspecified atom stereocenters. The average Bonchev–Trinajstić information content (AvgIpc) is 2.95. The van der Waals surface area contributed by atoms with Crippen LogP contribution >= 0.6 is 0 Å². The molecule has 2 amide bonds. The van der Waals surface area contributed by atoms with Crippen molar-refractivity contribution in [3.8, 4) is 0 Å². The first kappa shape index (κ1) is 24.0. The van der Waals surface area contributed by atoms with Crippen molar-refractivity contribution in [2.24, 2.45) is 5.73 Å². The van der Waals surface area contributed by atoms with Crippen molar-refractivity contribution >= 4 is 22.6 Å². The third-order valence-corrected chi connectivity index (χ3v) is 6.91. The molecule has 0 aliphatic heterocycles. The van der Waals surface area contributed by atoms with E-state index in [9.17, 15) is 9.59 Å². The minimum atomic E-state index is -1.18. The number of nitrogens with one attached hydrogen (secondary N) is 1. The van der Waals surface area contributed by atoms with Gasteiger partial charge in [-0.2, -0.15) is 0 Å². The van der Waals surface area contributed by atoms with Gasteiger partial charge in [0.2, 0.25) is 11.8 Å². The molecule has 5 aromatic carbocycles. The van der Waals surface area contributed by atoms with Crippen LogP contribution in [0.25, 0.3) is 10.8 Å². The predicted molar refractivity (Wildman–Crippen MR) is 148 cm³/mol. The maximum absolute atomic E-state index is 14.5. The summed E-state index contributed by atoms with van der Waals surface area (Å²) < 4.78 is 0. The van der Waals surface area contributed by atoms with Crippen LogP contribution in [-0.2, 0) is 21.4 Å². The minimum Gasteiger partial charge on any atom is -0.368 e. The highest BCUT2D eigenvalue weighted by Gasteiger charge is 2.44. The third kappa shape index (κ3) is 4.62. The molecule has 0 aliphatic rings. The zero-order valence-electron chi connectivity index (χ0n) is 20.4. The molecule has 0 saturated heterocycles. The number of carbonyl (C=O) groups excluding carboxylic acids is 2. The van der Waals surface area contributed by atoms with E-state index in [1.807, 2.05) is 133 Å². The summed E-state index contributed by atoms with van der Waals surface area (Å²) in [6.45, 7) is 0. The second-order valence-corrected chi connectivity index (χ2v) is 9.12. The molecule has 4 heteroatoms. The van der Waals surface area contributed by atoms with Crippen molar-refractivity contribution in [3.05, 3.63) is 156 Å². The quantitative estimate of drug-likeness (QED) is 0.290. The summed E-state index contributed by atoms with van der Waals surface area (Å²) in [6.07, 6.45) is 0.289. The molecular formula is C33H28N2O2. The number of carbonyl (C=O) groups is 2. The highest BCUT2D eigenvalue weighted by Crippen LogP contribution is 2.39. The Bertz CT molecular complexity index is 1410. The van der Waals surface area contributed by atoms with Gasteiger partial charge < -0.3 is 11.1 Å². The topological polar surface area (TPSA) is 72.2 Å². The van der Waals surface area contributed by atoms with E-state index >= 15 is 0 Å². The molecule has 3 N–H and O–H groups in total. The van der Waals surface area contributed by atoms with E-state index in [0.29, 0.717) is 0 Å². The van der Waals surface area contributed by atoms with Gasteiger partial charge >= 0.3 is 0 Å².